The van der Waals surface area contributed by atoms with Crippen LogP contribution in [0.2, 0.25) is 0 Å². The molecule has 0 aliphatic heterocycles. The van der Waals surface area contributed by atoms with Crippen molar-refractivity contribution in [2.75, 3.05) is 19.8 Å². The predicted molar refractivity (Wildman–Crippen MR) is 127 cm³/mol. The number of halogens is 1. The van der Waals surface area contributed by atoms with Crippen molar-refractivity contribution < 1.29 is 47.6 Å². The Morgan fingerprint density at radius 2 is 1.73 bits per heavy atom. The van der Waals surface area contributed by atoms with Gasteiger partial charge < -0.3 is 24.1 Å². The van der Waals surface area contributed by atoms with Crippen LogP contribution in [0.5, 0.6) is 0 Å². The minimum atomic E-state index is -2.09. The first-order valence-electron chi connectivity index (χ1n) is 12.9. The minimum absolute atomic E-state index is 0.0138. The molecule has 0 spiro atoms. The third-order valence-electron chi connectivity index (χ3n) is 9.31. The minimum Gasteiger partial charge on any atom is -0.435 e. The highest BCUT2D eigenvalue weighted by Gasteiger charge is 2.75. The van der Waals surface area contributed by atoms with Gasteiger partial charge >= 0.3 is 12.3 Å². The Bertz CT molecular complexity index is 1050. The van der Waals surface area contributed by atoms with Gasteiger partial charge in [0.2, 0.25) is 5.78 Å². The molecule has 0 unspecified atom stereocenters. The summed E-state index contributed by atoms with van der Waals surface area (Å²) in [6, 6.07) is 0. The van der Waals surface area contributed by atoms with Crippen LogP contribution in [-0.2, 0) is 28.5 Å². The zero-order valence-electron chi connectivity index (χ0n) is 21.7. The summed E-state index contributed by atoms with van der Waals surface area (Å²) in [5.41, 5.74) is -5.60. The quantitative estimate of drug-likeness (QED) is 0.515. The molecule has 0 saturated heterocycles. The van der Waals surface area contributed by atoms with Gasteiger partial charge in [0.05, 0.1) is 19.3 Å². The Kier molecular flexibility index (Phi) is 7.03. The van der Waals surface area contributed by atoms with Crippen molar-refractivity contribution in [2.45, 2.75) is 77.2 Å². The van der Waals surface area contributed by atoms with E-state index >= 15 is 4.39 Å². The molecule has 0 heterocycles. The molecule has 9 nitrogen and oxygen atoms in total. The zero-order valence-corrected chi connectivity index (χ0v) is 21.7. The summed E-state index contributed by atoms with van der Waals surface area (Å²) < 4.78 is 37.7. The van der Waals surface area contributed by atoms with E-state index in [2.05, 4.69) is 0 Å². The Labute approximate surface area is 215 Å². The molecule has 0 aromatic carbocycles. The number of carbonyl (C=O) groups excluding carboxylic acids is 4. The van der Waals surface area contributed by atoms with Gasteiger partial charge in [-0.3, -0.25) is 9.59 Å². The maximum absolute atomic E-state index is 17.3. The Balaban J connectivity index is 1.73. The normalized spacial score (nSPS) is 40.0. The second kappa shape index (κ2) is 9.53. The molecule has 0 aromatic rings. The van der Waals surface area contributed by atoms with E-state index in [0.29, 0.717) is 24.8 Å². The number of Topliss-reactive ketones (excluding diaryl/α,β-unsaturated/α-hetero) is 1. The van der Waals surface area contributed by atoms with Gasteiger partial charge in [0.15, 0.2) is 23.7 Å². The molecule has 3 fully saturated rings. The van der Waals surface area contributed by atoms with Gasteiger partial charge in [-0.15, -0.1) is 0 Å². The van der Waals surface area contributed by atoms with E-state index in [1.165, 1.54) is 12.2 Å². The fourth-order valence-electron chi connectivity index (χ4n) is 7.57. The number of allylic oxidation sites excluding steroid dienone is 4. The second-order valence-electron chi connectivity index (χ2n) is 10.8. The number of rotatable bonds is 6. The van der Waals surface area contributed by atoms with Gasteiger partial charge in [-0.25, -0.2) is 14.0 Å². The molecular weight excluding hydrogens is 487 g/mol. The molecule has 0 amide bonds. The van der Waals surface area contributed by atoms with Gasteiger partial charge in [0.25, 0.3) is 0 Å². The van der Waals surface area contributed by atoms with Gasteiger partial charge in [0, 0.05) is 16.7 Å². The van der Waals surface area contributed by atoms with Crippen molar-refractivity contribution in [1.82, 2.24) is 0 Å². The largest absolute Gasteiger partial charge is 0.509 e. The fraction of sp³-hybridized carbons (Fsp3) is 0.704. The summed E-state index contributed by atoms with van der Waals surface area (Å²) >= 11 is 0. The summed E-state index contributed by atoms with van der Waals surface area (Å²) in [6.07, 6.45) is 1.79. The summed E-state index contributed by atoms with van der Waals surface area (Å²) in [5.74, 6) is -2.00. The summed E-state index contributed by atoms with van der Waals surface area (Å²) in [7, 11) is 0. The number of hydrogen-bond acceptors (Lipinski definition) is 9. The van der Waals surface area contributed by atoms with Crippen molar-refractivity contribution >= 4 is 23.9 Å². The van der Waals surface area contributed by atoms with Crippen molar-refractivity contribution in [2.24, 2.45) is 22.7 Å². The van der Waals surface area contributed by atoms with Crippen LogP contribution < -0.4 is 0 Å². The van der Waals surface area contributed by atoms with E-state index < -0.39 is 64.7 Å². The number of aliphatic hydroxyl groups is 1. The lowest BCUT2D eigenvalue weighted by molar-refractivity contribution is -0.219. The summed E-state index contributed by atoms with van der Waals surface area (Å²) in [6.45, 7) is 5.97. The molecule has 0 aromatic heterocycles. The monoisotopic (exact) mass is 522 g/mol. The Hall–Kier alpha value is -2.75. The molecule has 3 saturated carbocycles. The lowest BCUT2D eigenvalue weighted by Crippen LogP contribution is -2.69. The molecule has 4 aliphatic carbocycles. The topological polar surface area (TPSA) is 125 Å². The molecule has 0 bridgehead atoms. The lowest BCUT2D eigenvalue weighted by atomic mass is 9.44. The van der Waals surface area contributed by atoms with E-state index in [4.69, 9.17) is 18.9 Å². The van der Waals surface area contributed by atoms with Crippen LogP contribution in [0.15, 0.2) is 23.8 Å². The average Bonchev–Trinajstić information content (AvgIpc) is 3.11. The number of fused-ring (bicyclic) bond motifs is 5. The standard InChI is InChI=1S/C27H35FO9/c1-5-34-22(32)36-15-21(31)26(37-23(33)35-6-2)12-10-18-19-8-7-16-13-17(29)9-11-24(16,3)27(19,28)20(30)14-25(18,26)4/h9,11,13,18-20,30H,5-8,10,12,14-15H2,1-4H3/t18-,19-,20-,24-,25-,26-,27-/m0/s1. The number of aliphatic hydroxyl groups excluding tert-OH is 1. The highest BCUT2D eigenvalue weighted by atomic mass is 19.1. The Morgan fingerprint density at radius 3 is 2.41 bits per heavy atom. The number of ether oxygens (including phenoxy) is 4. The average molecular weight is 523 g/mol. The van der Waals surface area contributed by atoms with Crippen molar-refractivity contribution in [3.8, 4) is 0 Å². The molecule has 37 heavy (non-hydrogen) atoms. The summed E-state index contributed by atoms with van der Waals surface area (Å²) in [4.78, 5) is 50.0. The molecular formula is C27H35FO9. The van der Waals surface area contributed by atoms with E-state index in [1.807, 2.05) is 0 Å². The fourth-order valence-corrected chi connectivity index (χ4v) is 7.57. The van der Waals surface area contributed by atoms with Crippen molar-refractivity contribution in [1.29, 1.82) is 0 Å². The van der Waals surface area contributed by atoms with Gasteiger partial charge in [-0.05, 0) is 70.9 Å². The Morgan fingerprint density at radius 1 is 1.05 bits per heavy atom. The summed E-state index contributed by atoms with van der Waals surface area (Å²) in [5, 5.41) is 11.5. The van der Waals surface area contributed by atoms with Gasteiger partial charge in [0.1, 0.15) is 0 Å². The third-order valence-corrected chi connectivity index (χ3v) is 9.31. The number of alkyl halides is 1. The molecule has 0 radical (unpaired) electrons. The van der Waals surface area contributed by atoms with Crippen LogP contribution in [0.3, 0.4) is 0 Å². The lowest BCUT2D eigenvalue weighted by Gasteiger charge is -2.62. The van der Waals surface area contributed by atoms with Crippen LogP contribution in [0, 0.1) is 22.7 Å². The molecule has 7 atom stereocenters. The molecule has 4 rings (SSSR count). The molecule has 204 valence electrons. The molecule has 1 N–H and O–H groups in total. The first kappa shape index (κ1) is 27.3. The molecule has 4 aliphatic rings. The van der Waals surface area contributed by atoms with Crippen LogP contribution in [0.1, 0.15) is 59.8 Å². The maximum atomic E-state index is 17.3. The maximum Gasteiger partial charge on any atom is 0.509 e. The first-order valence-corrected chi connectivity index (χ1v) is 12.9. The third kappa shape index (κ3) is 3.90. The van der Waals surface area contributed by atoms with Crippen LogP contribution in [0.25, 0.3) is 0 Å². The highest BCUT2D eigenvalue weighted by Crippen LogP contribution is 2.70. The van der Waals surface area contributed by atoms with E-state index in [-0.39, 0.29) is 31.8 Å². The van der Waals surface area contributed by atoms with E-state index in [1.54, 1.807) is 33.8 Å². The predicted octanol–water partition coefficient (Wildman–Crippen LogP) is 4.01. The van der Waals surface area contributed by atoms with Gasteiger partial charge in [-0.2, -0.15) is 0 Å². The van der Waals surface area contributed by atoms with E-state index in [9.17, 15) is 24.3 Å². The van der Waals surface area contributed by atoms with E-state index in [0.717, 1.165) is 0 Å². The van der Waals surface area contributed by atoms with Gasteiger partial charge in [-0.1, -0.05) is 18.6 Å². The SMILES string of the molecule is CCOC(=O)OCC(=O)[C@@]1(OC(=O)OCC)CC[C@H]2[C@@H]3CCC4=CC(=O)C=C[C@]4(C)[C@@]3(F)[C@@H](O)C[C@@]21C. The highest BCUT2D eigenvalue weighted by molar-refractivity contribution is 6.01. The van der Waals surface area contributed by atoms with Crippen LogP contribution in [-0.4, -0.2) is 66.2 Å². The number of carbonyl (C=O) groups is 4. The van der Waals surface area contributed by atoms with Crippen LogP contribution >= 0.6 is 0 Å². The number of ketones is 2. The second-order valence-corrected chi connectivity index (χ2v) is 10.8. The van der Waals surface area contributed by atoms with Crippen molar-refractivity contribution in [3.05, 3.63) is 23.8 Å². The zero-order chi connectivity index (χ0) is 27.2. The number of hydrogen-bond donors (Lipinski definition) is 1. The smallest absolute Gasteiger partial charge is 0.435 e. The van der Waals surface area contributed by atoms with Crippen LogP contribution in [0.4, 0.5) is 14.0 Å². The first-order chi connectivity index (χ1) is 17.4. The molecule has 10 heteroatoms. The van der Waals surface area contributed by atoms with Crippen molar-refractivity contribution in [3.63, 3.8) is 0 Å².